The molecule has 1 aliphatic heterocycles. The molecule has 1 amide bonds. The molecule has 6 heteroatoms. The lowest BCUT2D eigenvalue weighted by Gasteiger charge is -2.42. The first-order chi connectivity index (χ1) is 12.2. The molecular formula is C19H28N4O2. The van der Waals surface area contributed by atoms with Gasteiger partial charge in [0, 0.05) is 31.5 Å². The third kappa shape index (κ3) is 2.69. The van der Waals surface area contributed by atoms with Crippen LogP contribution in [0.5, 0.6) is 0 Å². The van der Waals surface area contributed by atoms with Crippen molar-refractivity contribution in [1.82, 2.24) is 20.1 Å². The highest BCUT2D eigenvalue weighted by molar-refractivity contribution is 5.86. The van der Waals surface area contributed by atoms with Gasteiger partial charge in [0.1, 0.15) is 11.4 Å². The van der Waals surface area contributed by atoms with Crippen LogP contribution in [0.1, 0.15) is 75.4 Å². The molecule has 0 spiro atoms. The fourth-order valence-electron chi connectivity index (χ4n) is 4.75. The summed E-state index contributed by atoms with van der Waals surface area (Å²) in [7, 11) is 0. The first-order valence-electron chi connectivity index (χ1n) is 10.1. The lowest BCUT2D eigenvalue weighted by atomic mass is 9.78. The number of carbonyl (C=O) groups excluding carboxylic acids is 1. The molecule has 1 aromatic heterocycles. The minimum atomic E-state index is -0.529. The number of aromatic nitrogens is 3. The summed E-state index contributed by atoms with van der Waals surface area (Å²) < 4.78 is 5.91. The number of H-pyrrole nitrogens is 1. The Morgan fingerprint density at radius 2 is 2.08 bits per heavy atom. The van der Waals surface area contributed by atoms with Gasteiger partial charge in [0.15, 0.2) is 5.82 Å². The molecule has 1 N–H and O–H groups in total. The standard InChI is InChI=1S/C19H28N4O2/c1-2-25-19(8-3-9-19)18(24)23-10-14(12-4-5-12)15(11-23)17-20-16(21-22-17)13-6-7-13/h12-15H,2-11H2,1H3,(H,20,21,22)/t14-,15+/m1/s1. The summed E-state index contributed by atoms with van der Waals surface area (Å²) in [6, 6.07) is 0. The minimum Gasteiger partial charge on any atom is -0.365 e. The summed E-state index contributed by atoms with van der Waals surface area (Å²) in [4.78, 5) is 20.1. The number of nitrogens with one attached hydrogen (secondary N) is 1. The van der Waals surface area contributed by atoms with E-state index in [1.54, 1.807) is 0 Å². The molecule has 2 atom stereocenters. The van der Waals surface area contributed by atoms with Crippen molar-refractivity contribution < 1.29 is 9.53 Å². The molecule has 0 aromatic carbocycles. The Balaban J connectivity index is 1.35. The van der Waals surface area contributed by atoms with E-state index in [2.05, 4.69) is 15.1 Å². The van der Waals surface area contributed by atoms with Crippen LogP contribution >= 0.6 is 0 Å². The molecule has 1 saturated heterocycles. The molecule has 5 rings (SSSR count). The largest absolute Gasteiger partial charge is 0.365 e. The number of amides is 1. The maximum Gasteiger partial charge on any atom is 0.254 e. The molecule has 2 heterocycles. The van der Waals surface area contributed by atoms with Crippen molar-refractivity contribution >= 4 is 5.91 Å². The van der Waals surface area contributed by atoms with Gasteiger partial charge in [-0.1, -0.05) is 0 Å². The monoisotopic (exact) mass is 344 g/mol. The normalized spacial score (nSPS) is 31.2. The minimum absolute atomic E-state index is 0.218. The van der Waals surface area contributed by atoms with Gasteiger partial charge in [-0.25, -0.2) is 4.98 Å². The first-order valence-corrected chi connectivity index (χ1v) is 10.1. The highest BCUT2D eigenvalue weighted by Gasteiger charge is 2.52. The second-order valence-electron chi connectivity index (χ2n) is 8.45. The van der Waals surface area contributed by atoms with Crippen LogP contribution in [0.4, 0.5) is 0 Å². The summed E-state index contributed by atoms with van der Waals surface area (Å²) in [5.41, 5.74) is -0.529. The maximum atomic E-state index is 13.2. The summed E-state index contributed by atoms with van der Waals surface area (Å²) in [6.07, 6.45) is 7.88. The Morgan fingerprint density at radius 3 is 2.68 bits per heavy atom. The molecule has 1 aromatic rings. The molecule has 6 nitrogen and oxygen atoms in total. The van der Waals surface area contributed by atoms with Crippen molar-refractivity contribution in [2.75, 3.05) is 19.7 Å². The number of hydrogen-bond acceptors (Lipinski definition) is 4. The Bertz CT molecular complexity index is 660. The van der Waals surface area contributed by atoms with Crippen LogP contribution in [-0.4, -0.2) is 51.3 Å². The first kappa shape index (κ1) is 15.8. The van der Waals surface area contributed by atoms with Crippen LogP contribution in [-0.2, 0) is 9.53 Å². The molecule has 4 aliphatic rings. The van der Waals surface area contributed by atoms with E-state index in [4.69, 9.17) is 9.72 Å². The van der Waals surface area contributed by atoms with Crippen LogP contribution < -0.4 is 0 Å². The van der Waals surface area contributed by atoms with Crippen LogP contribution in [0, 0.1) is 11.8 Å². The predicted molar refractivity (Wildman–Crippen MR) is 92.1 cm³/mol. The van der Waals surface area contributed by atoms with E-state index in [0.717, 1.165) is 49.9 Å². The number of rotatable bonds is 6. The van der Waals surface area contributed by atoms with Crippen LogP contribution in [0.15, 0.2) is 0 Å². The molecule has 0 unspecified atom stereocenters. The zero-order valence-electron chi connectivity index (χ0n) is 15.0. The highest BCUT2D eigenvalue weighted by atomic mass is 16.5. The molecule has 4 fully saturated rings. The van der Waals surface area contributed by atoms with Gasteiger partial charge in [0.25, 0.3) is 5.91 Å². The van der Waals surface area contributed by atoms with Crippen molar-refractivity contribution in [3.05, 3.63) is 11.6 Å². The fraction of sp³-hybridized carbons (Fsp3) is 0.842. The molecule has 3 saturated carbocycles. The topological polar surface area (TPSA) is 71.1 Å². The smallest absolute Gasteiger partial charge is 0.254 e. The SMILES string of the molecule is CCOC1(C(=O)N2C[C@H](c3nc(C4CC4)n[nH]3)[C@@H](C3CC3)C2)CCC1. The number of carbonyl (C=O) groups is 1. The van der Waals surface area contributed by atoms with Gasteiger partial charge in [-0.15, -0.1) is 0 Å². The lowest BCUT2D eigenvalue weighted by Crippen LogP contribution is -2.54. The van der Waals surface area contributed by atoms with Crippen molar-refractivity contribution in [3.63, 3.8) is 0 Å². The van der Waals surface area contributed by atoms with Crippen molar-refractivity contribution in [2.24, 2.45) is 11.8 Å². The Morgan fingerprint density at radius 1 is 1.28 bits per heavy atom. The fourth-order valence-corrected chi connectivity index (χ4v) is 4.75. The lowest BCUT2D eigenvalue weighted by molar-refractivity contribution is -0.169. The van der Waals surface area contributed by atoms with E-state index in [-0.39, 0.29) is 5.91 Å². The summed E-state index contributed by atoms with van der Waals surface area (Å²) in [5, 5.41) is 7.65. The van der Waals surface area contributed by atoms with Gasteiger partial charge >= 0.3 is 0 Å². The molecule has 0 radical (unpaired) electrons. The van der Waals surface area contributed by atoms with Gasteiger partial charge in [0.2, 0.25) is 0 Å². The average Bonchev–Trinajstić information content (AvgIpc) is 3.51. The Hall–Kier alpha value is -1.43. The van der Waals surface area contributed by atoms with E-state index in [1.165, 1.54) is 25.7 Å². The molecule has 0 bridgehead atoms. The number of likely N-dealkylation sites (tertiary alicyclic amines) is 1. The number of aromatic amines is 1. The number of nitrogens with zero attached hydrogens (tertiary/aromatic N) is 3. The van der Waals surface area contributed by atoms with E-state index < -0.39 is 5.60 Å². The van der Waals surface area contributed by atoms with E-state index in [0.29, 0.717) is 24.4 Å². The van der Waals surface area contributed by atoms with Gasteiger partial charge in [-0.2, -0.15) is 5.10 Å². The zero-order chi connectivity index (χ0) is 17.0. The highest BCUT2D eigenvalue weighted by Crippen LogP contribution is 2.49. The van der Waals surface area contributed by atoms with E-state index in [9.17, 15) is 4.79 Å². The maximum absolute atomic E-state index is 13.2. The van der Waals surface area contributed by atoms with Crippen LogP contribution in [0.25, 0.3) is 0 Å². The number of hydrogen-bond donors (Lipinski definition) is 1. The quantitative estimate of drug-likeness (QED) is 0.861. The molecule has 3 aliphatic carbocycles. The Labute approximate surface area is 148 Å². The van der Waals surface area contributed by atoms with Crippen LogP contribution in [0.3, 0.4) is 0 Å². The molecular weight excluding hydrogens is 316 g/mol. The summed E-state index contributed by atoms with van der Waals surface area (Å²) >= 11 is 0. The van der Waals surface area contributed by atoms with Crippen molar-refractivity contribution in [3.8, 4) is 0 Å². The zero-order valence-corrected chi connectivity index (χ0v) is 15.0. The summed E-state index contributed by atoms with van der Waals surface area (Å²) in [5.74, 6) is 4.38. The van der Waals surface area contributed by atoms with Gasteiger partial charge in [-0.05, 0) is 63.7 Å². The predicted octanol–water partition coefficient (Wildman–Crippen LogP) is 2.59. The van der Waals surface area contributed by atoms with Gasteiger partial charge in [0.05, 0.1) is 0 Å². The molecule has 25 heavy (non-hydrogen) atoms. The van der Waals surface area contributed by atoms with E-state index >= 15 is 0 Å². The third-order valence-corrected chi connectivity index (χ3v) is 6.67. The molecule has 136 valence electrons. The van der Waals surface area contributed by atoms with E-state index in [1.807, 2.05) is 6.92 Å². The van der Waals surface area contributed by atoms with Crippen molar-refractivity contribution in [2.45, 2.75) is 69.3 Å². The van der Waals surface area contributed by atoms with Crippen LogP contribution in [0.2, 0.25) is 0 Å². The number of ether oxygens (including phenoxy) is 1. The summed E-state index contributed by atoms with van der Waals surface area (Å²) in [6.45, 7) is 4.24. The van der Waals surface area contributed by atoms with Gasteiger partial charge < -0.3 is 9.64 Å². The third-order valence-electron chi connectivity index (χ3n) is 6.67. The average molecular weight is 344 g/mol. The second kappa shape index (κ2) is 5.79. The van der Waals surface area contributed by atoms with Crippen molar-refractivity contribution in [1.29, 1.82) is 0 Å². The second-order valence-corrected chi connectivity index (χ2v) is 8.45. The Kier molecular flexibility index (Phi) is 3.66. The van der Waals surface area contributed by atoms with Gasteiger partial charge in [-0.3, -0.25) is 9.89 Å².